The molecule has 2 unspecified atom stereocenters. The van der Waals surface area contributed by atoms with Crippen molar-refractivity contribution < 1.29 is 28.6 Å². The number of benzene rings is 2. The molecule has 184 valence electrons. The predicted molar refractivity (Wildman–Crippen MR) is 131 cm³/mol. The lowest BCUT2D eigenvalue weighted by molar-refractivity contribution is -0.881. The van der Waals surface area contributed by atoms with Crippen molar-refractivity contribution in [2.45, 2.75) is 31.6 Å². The lowest BCUT2D eigenvalue weighted by Gasteiger charge is -2.32. The van der Waals surface area contributed by atoms with E-state index in [1.54, 1.807) is 28.4 Å². The van der Waals surface area contributed by atoms with Crippen LogP contribution in [0.25, 0.3) is 0 Å². The van der Waals surface area contributed by atoms with E-state index in [2.05, 4.69) is 19.2 Å². The van der Waals surface area contributed by atoms with E-state index < -0.39 is 0 Å². The normalized spacial score (nSPS) is 17.7. The van der Waals surface area contributed by atoms with Crippen LogP contribution >= 0.6 is 0 Å². The summed E-state index contributed by atoms with van der Waals surface area (Å²) in [5.74, 6) is 3.76. The molecule has 1 amide bonds. The summed E-state index contributed by atoms with van der Waals surface area (Å²) in [5, 5.41) is 0. The monoisotopic (exact) mass is 469 g/mol. The number of amides is 1. The van der Waals surface area contributed by atoms with Gasteiger partial charge in [-0.05, 0) is 59.4 Å². The molecule has 4 rings (SSSR count). The number of methoxy groups -OCH3 is 4. The molecule has 0 radical (unpaired) electrons. The Kier molecular flexibility index (Phi) is 7.51. The smallest absolute Gasteiger partial charge is 0.227 e. The van der Waals surface area contributed by atoms with Gasteiger partial charge in [0, 0.05) is 25.4 Å². The highest BCUT2D eigenvalue weighted by atomic mass is 16.5. The number of nitrogens with one attached hydrogen (secondary N) is 1. The molecule has 0 spiro atoms. The average Bonchev–Trinajstić information content (AvgIpc) is 2.98. The highest BCUT2D eigenvalue weighted by Crippen LogP contribution is 2.41. The molecule has 0 aromatic heterocycles. The minimum atomic E-state index is 0.192. The molecule has 0 bridgehead atoms. The Morgan fingerprint density at radius 2 is 1.47 bits per heavy atom. The molecule has 1 aliphatic carbocycles. The van der Waals surface area contributed by atoms with Crippen LogP contribution in [0.1, 0.15) is 34.6 Å². The Labute approximate surface area is 202 Å². The van der Waals surface area contributed by atoms with Gasteiger partial charge in [0.1, 0.15) is 0 Å². The van der Waals surface area contributed by atoms with Crippen LogP contribution in [0.4, 0.5) is 0 Å². The van der Waals surface area contributed by atoms with E-state index in [0.29, 0.717) is 18.1 Å². The van der Waals surface area contributed by atoms with Crippen LogP contribution in [0.15, 0.2) is 24.3 Å². The molecular formula is C27H37N2O5+. The quantitative estimate of drug-likeness (QED) is 0.576. The van der Waals surface area contributed by atoms with Gasteiger partial charge in [-0.1, -0.05) is 0 Å². The topological polar surface area (TPSA) is 61.7 Å². The number of hydrogen-bond donors (Lipinski definition) is 1. The van der Waals surface area contributed by atoms with Gasteiger partial charge in [0.2, 0.25) is 5.91 Å². The maximum absolute atomic E-state index is 12.9. The SMILES string of the molecule is COc1cc2c(cc1OC)CC(=O)N(CCC[NH+](C)CC1Cc3cc(OC)c(OC)cc31)CC2. The zero-order valence-electron chi connectivity index (χ0n) is 21.0. The van der Waals surface area contributed by atoms with Crippen molar-refractivity contribution in [3.05, 3.63) is 46.5 Å². The summed E-state index contributed by atoms with van der Waals surface area (Å²) in [6.45, 7) is 3.67. The Morgan fingerprint density at radius 1 is 0.882 bits per heavy atom. The second-order valence-electron chi connectivity index (χ2n) is 9.36. The molecule has 2 aromatic carbocycles. The fourth-order valence-electron chi connectivity index (χ4n) is 5.27. The Hall–Kier alpha value is -2.93. The number of carbonyl (C=O) groups excluding carboxylic acids is 1. The second kappa shape index (κ2) is 10.6. The number of fused-ring (bicyclic) bond motifs is 2. The summed E-state index contributed by atoms with van der Waals surface area (Å²) < 4.78 is 21.8. The number of hydrogen-bond acceptors (Lipinski definition) is 5. The molecule has 34 heavy (non-hydrogen) atoms. The summed E-state index contributed by atoms with van der Waals surface area (Å²) in [6.07, 6.45) is 3.34. The van der Waals surface area contributed by atoms with E-state index >= 15 is 0 Å². The standard InChI is InChI=1S/C27H36N2O5/c1-28(17-21-11-20-14-25(33-4)26(34-5)16-22(20)21)8-6-9-29-10-7-18-12-23(31-2)24(32-3)13-19(18)15-27(29)30/h12-14,16,21H,6-11,15,17H2,1-5H3/p+1. The Balaban J connectivity index is 1.28. The third-order valence-corrected chi connectivity index (χ3v) is 7.23. The van der Waals surface area contributed by atoms with Crippen LogP contribution in [0.5, 0.6) is 23.0 Å². The fraction of sp³-hybridized carbons (Fsp3) is 0.519. The van der Waals surface area contributed by atoms with Crippen LogP contribution < -0.4 is 23.8 Å². The number of rotatable bonds is 10. The molecule has 1 heterocycles. The minimum Gasteiger partial charge on any atom is -0.493 e. The molecule has 1 aliphatic heterocycles. The lowest BCUT2D eigenvalue weighted by Crippen LogP contribution is -3.09. The Morgan fingerprint density at radius 3 is 2.12 bits per heavy atom. The first-order chi connectivity index (χ1) is 16.5. The maximum Gasteiger partial charge on any atom is 0.227 e. The molecule has 7 nitrogen and oxygen atoms in total. The molecule has 0 fully saturated rings. The van der Waals surface area contributed by atoms with Crippen LogP contribution in [0.3, 0.4) is 0 Å². The highest BCUT2D eigenvalue weighted by molar-refractivity contribution is 5.80. The first kappa shape index (κ1) is 24.2. The number of likely N-dealkylation sites (N-methyl/N-ethyl adjacent to an activating group) is 1. The van der Waals surface area contributed by atoms with Crippen molar-refractivity contribution in [2.24, 2.45) is 0 Å². The second-order valence-corrected chi connectivity index (χ2v) is 9.36. The van der Waals surface area contributed by atoms with Crippen molar-refractivity contribution in [3.8, 4) is 23.0 Å². The molecule has 2 aliphatic rings. The van der Waals surface area contributed by atoms with Crippen molar-refractivity contribution in [2.75, 3.05) is 61.7 Å². The van der Waals surface area contributed by atoms with Gasteiger partial charge in [-0.15, -0.1) is 0 Å². The minimum absolute atomic E-state index is 0.192. The van der Waals surface area contributed by atoms with Crippen LogP contribution in [0, 0.1) is 0 Å². The van der Waals surface area contributed by atoms with E-state index in [1.807, 2.05) is 17.0 Å². The van der Waals surface area contributed by atoms with Gasteiger partial charge in [-0.2, -0.15) is 0 Å². The molecule has 1 N–H and O–H groups in total. The first-order valence-electron chi connectivity index (χ1n) is 12.0. The molecule has 2 aromatic rings. The van der Waals surface area contributed by atoms with Gasteiger partial charge < -0.3 is 28.7 Å². The van der Waals surface area contributed by atoms with Gasteiger partial charge in [-0.3, -0.25) is 4.79 Å². The molecule has 2 atom stereocenters. The average molecular weight is 470 g/mol. The van der Waals surface area contributed by atoms with Crippen molar-refractivity contribution in [1.82, 2.24) is 4.90 Å². The van der Waals surface area contributed by atoms with E-state index in [4.69, 9.17) is 18.9 Å². The predicted octanol–water partition coefficient (Wildman–Crippen LogP) is 1.89. The van der Waals surface area contributed by atoms with Gasteiger partial charge in [0.15, 0.2) is 23.0 Å². The molecule has 0 saturated heterocycles. The summed E-state index contributed by atoms with van der Waals surface area (Å²) in [4.78, 5) is 16.4. The van der Waals surface area contributed by atoms with E-state index in [0.717, 1.165) is 68.3 Å². The summed E-state index contributed by atoms with van der Waals surface area (Å²) >= 11 is 0. The van der Waals surface area contributed by atoms with Gasteiger partial charge in [-0.25, -0.2) is 0 Å². The van der Waals surface area contributed by atoms with Gasteiger partial charge in [0.05, 0.1) is 55.0 Å². The van der Waals surface area contributed by atoms with Crippen molar-refractivity contribution >= 4 is 5.91 Å². The molecule has 0 saturated carbocycles. The van der Waals surface area contributed by atoms with Crippen LogP contribution in [-0.2, 0) is 24.1 Å². The van der Waals surface area contributed by atoms with Gasteiger partial charge >= 0.3 is 0 Å². The maximum atomic E-state index is 12.9. The zero-order chi connectivity index (χ0) is 24.2. The Bertz CT molecular complexity index is 1040. The summed E-state index contributed by atoms with van der Waals surface area (Å²) in [6, 6.07) is 8.21. The van der Waals surface area contributed by atoms with Crippen molar-refractivity contribution in [1.29, 1.82) is 0 Å². The zero-order valence-corrected chi connectivity index (χ0v) is 21.0. The summed E-state index contributed by atoms with van der Waals surface area (Å²) in [5.41, 5.74) is 4.96. The third-order valence-electron chi connectivity index (χ3n) is 7.23. The van der Waals surface area contributed by atoms with Crippen LogP contribution in [0.2, 0.25) is 0 Å². The highest BCUT2D eigenvalue weighted by Gasteiger charge is 2.31. The number of ether oxygens (including phenoxy) is 4. The molecular weight excluding hydrogens is 432 g/mol. The van der Waals surface area contributed by atoms with E-state index in [9.17, 15) is 4.79 Å². The van der Waals surface area contributed by atoms with Gasteiger partial charge in [0.25, 0.3) is 0 Å². The van der Waals surface area contributed by atoms with Crippen LogP contribution in [-0.4, -0.2) is 72.5 Å². The van der Waals surface area contributed by atoms with E-state index in [1.165, 1.54) is 21.6 Å². The number of carbonyl (C=O) groups is 1. The summed E-state index contributed by atoms with van der Waals surface area (Å²) in [7, 11) is 8.89. The third kappa shape index (κ3) is 4.94. The lowest BCUT2D eigenvalue weighted by atomic mass is 9.77. The first-order valence-corrected chi connectivity index (χ1v) is 12.0. The molecule has 7 heteroatoms. The number of quaternary nitrogens is 1. The number of nitrogens with zero attached hydrogens (tertiary/aromatic N) is 1. The van der Waals surface area contributed by atoms with E-state index in [-0.39, 0.29) is 5.91 Å². The van der Waals surface area contributed by atoms with Crippen molar-refractivity contribution in [3.63, 3.8) is 0 Å². The largest absolute Gasteiger partial charge is 0.493 e. The fourth-order valence-corrected chi connectivity index (χ4v) is 5.27.